The van der Waals surface area contributed by atoms with Crippen molar-refractivity contribution in [2.75, 3.05) is 0 Å². The lowest BCUT2D eigenvalue weighted by Crippen LogP contribution is -2.07. The van der Waals surface area contributed by atoms with Gasteiger partial charge >= 0.3 is 0 Å². The molecule has 15 heavy (non-hydrogen) atoms. The van der Waals surface area contributed by atoms with Crippen LogP contribution in [0, 0.1) is 9.36 Å². The fourth-order valence-electron chi connectivity index (χ4n) is 0.996. The first kappa shape index (κ1) is 10.0. The monoisotopic (exact) mass is 237 g/mol. The molecule has 4 nitrogen and oxygen atoms in total. The minimum Gasteiger partial charge on any atom is -0.411 e. The summed E-state index contributed by atoms with van der Waals surface area (Å²) in [6, 6.07) is 9.18. The number of nitrogens with zero attached hydrogens (tertiary/aromatic N) is 1. The van der Waals surface area contributed by atoms with Gasteiger partial charge in [0.2, 0.25) is 5.90 Å². The van der Waals surface area contributed by atoms with Gasteiger partial charge in [0.15, 0.2) is 3.95 Å². The van der Waals surface area contributed by atoms with Crippen molar-refractivity contribution in [1.82, 2.24) is 10.2 Å². The number of nitrogens with one attached hydrogen (secondary N) is 2. The number of hydrogen-bond acceptors (Lipinski definition) is 5. The molecular weight excluding hydrogens is 230 g/mol. The van der Waals surface area contributed by atoms with Crippen LogP contribution >= 0.6 is 23.6 Å². The second-order valence-electron chi connectivity index (χ2n) is 2.68. The van der Waals surface area contributed by atoms with Crippen molar-refractivity contribution >= 4 is 29.5 Å². The van der Waals surface area contributed by atoms with E-state index in [1.54, 1.807) is 12.1 Å². The zero-order chi connectivity index (χ0) is 10.7. The van der Waals surface area contributed by atoms with Crippen LogP contribution in [0.25, 0.3) is 0 Å². The lowest BCUT2D eigenvalue weighted by molar-refractivity contribution is 0.535. The fraction of sp³-hybridized carbons (Fsp3) is 0. The zero-order valence-corrected chi connectivity index (χ0v) is 9.19. The van der Waals surface area contributed by atoms with E-state index in [0.717, 1.165) is 0 Å². The summed E-state index contributed by atoms with van der Waals surface area (Å²) in [5.41, 5.74) is 0.707. The van der Waals surface area contributed by atoms with Crippen LogP contribution in [-0.4, -0.2) is 16.1 Å². The Bertz CT molecular complexity index is 517. The average molecular weight is 237 g/mol. The van der Waals surface area contributed by atoms with Crippen molar-refractivity contribution in [3.63, 3.8) is 0 Å². The highest BCUT2D eigenvalue weighted by molar-refractivity contribution is 7.73. The van der Waals surface area contributed by atoms with Crippen molar-refractivity contribution in [2.45, 2.75) is 0 Å². The first-order chi connectivity index (χ1) is 7.25. The van der Waals surface area contributed by atoms with E-state index in [0.29, 0.717) is 14.7 Å². The third-order valence-electron chi connectivity index (χ3n) is 1.64. The molecule has 0 radical (unpaired) electrons. The number of aromatic nitrogens is 2. The van der Waals surface area contributed by atoms with E-state index in [-0.39, 0.29) is 5.90 Å². The van der Waals surface area contributed by atoms with Crippen LogP contribution in [0.1, 0.15) is 5.56 Å². The SMILES string of the molecule is N=C(Oc1n[nH]c(=S)s1)c1ccccc1. The van der Waals surface area contributed by atoms with Crippen LogP contribution in [0.5, 0.6) is 5.19 Å². The highest BCUT2D eigenvalue weighted by Gasteiger charge is 2.05. The van der Waals surface area contributed by atoms with Gasteiger partial charge in [0, 0.05) is 5.56 Å². The normalized spacial score (nSPS) is 9.87. The molecular formula is C9H7N3OS2. The van der Waals surface area contributed by atoms with Crippen molar-refractivity contribution in [3.8, 4) is 5.19 Å². The van der Waals surface area contributed by atoms with Crippen LogP contribution in [0.2, 0.25) is 0 Å². The molecule has 0 aliphatic rings. The quantitative estimate of drug-likeness (QED) is 0.479. The highest BCUT2D eigenvalue weighted by Crippen LogP contribution is 2.15. The first-order valence-electron chi connectivity index (χ1n) is 4.13. The Morgan fingerprint density at radius 3 is 2.73 bits per heavy atom. The third kappa shape index (κ3) is 2.48. The molecule has 6 heteroatoms. The Kier molecular flexibility index (Phi) is 2.89. The van der Waals surface area contributed by atoms with Gasteiger partial charge in [-0.15, -0.1) is 5.10 Å². The minimum atomic E-state index is 0.0633. The Hall–Kier alpha value is -1.53. The van der Waals surface area contributed by atoms with Gasteiger partial charge in [-0.3, -0.25) is 10.5 Å². The van der Waals surface area contributed by atoms with Crippen LogP contribution < -0.4 is 4.74 Å². The molecule has 0 fully saturated rings. The van der Waals surface area contributed by atoms with Gasteiger partial charge in [-0.1, -0.05) is 18.2 Å². The molecule has 76 valence electrons. The van der Waals surface area contributed by atoms with Gasteiger partial charge in [0.05, 0.1) is 0 Å². The molecule has 2 N–H and O–H groups in total. The van der Waals surface area contributed by atoms with Crippen molar-refractivity contribution < 1.29 is 4.74 Å². The van der Waals surface area contributed by atoms with Gasteiger partial charge < -0.3 is 4.74 Å². The van der Waals surface area contributed by atoms with Gasteiger partial charge in [-0.25, -0.2) is 0 Å². The maximum atomic E-state index is 7.67. The molecule has 0 amide bonds. The number of benzene rings is 1. The maximum absolute atomic E-state index is 7.67. The van der Waals surface area contributed by atoms with Crippen molar-refractivity contribution in [3.05, 3.63) is 39.8 Å². The number of hydrogen-bond donors (Lipinski definition) is 2. The van der Waals surface area contributed by atoms with Gasteiger partial charge in [0.25, 0.3) is 5.19 Å². The molecule has 0 saturated heterocycles. The maximum Gasteiger partial charge on any atom is 0.299 e. The van der Waals surface area contributed by atoms with Crippen LogP contribution in [0.3, 0.4) is 0 Å². The molecule has 1 aromatic carbocycles. The Labute approximate surface area is 95.1 Å². The van der Waals surface area contributed by atoms with Crippen molar-refractivity contribution in [1.29, 1.82) is 5.41 Å². The number of aromatic amines is 1. The zero-order valence-electron chi connectivity index (χ0n) is 7.56. The smallest absolute Gasteiger partial charge is 0.299 e. The predicted octanol–water partition coefficient (Wildman–Crippen LogP) is 2.61. The lowest BCUT2D eigenvalue weighted by Gasteiger charge is -2.01. The molecule has 1 heterocycles. The van der Waals surface area contributed by atoms with Gasteiger partial charge in [-0.05, 0) is 35.7 Å². The van der Waals surface area contributed by atoms with E-state index in [1.165, 1.54) is 11.3 Å². The first-order valence-corrected chi connectivity index (χ1v) is 5.35. The predicted molar refractivity (Wildman–Crippen MR) is 61.2 cm³/mol. The minimum absolute atomic E-state index is 0.0633. The summed E-state index contributed by atoms with van der Waals surface area (Å²) < 4.78 is 5.75. The Morgan fingerprint density at radius 2 is 2.13 bits per heavy atom. The van der Waals surface area contributed by atoms with E-state index < -0.39 is 0 Å². The second-order valence-corrected chi connectivity index (χ2v) is 4.30. The summed E-state index contributed by atoms with van der Waals surface area (Å²) in [7, 11) is 0. The van der Waals surface area contributed by atoms with E-state index in [2.05, 4.69) is 10.2 Å². The second kappa shape index (κ2) is 4.33. The Morgan fingerprint density at radius 1 is 1.40 bits per heavy atom. The fourth-order valence-corrected chi connectivity index (χ4v) is 1.72. The summed E-state index contributed by atoms with van der Waals surface area (Å²) in [4.78, 5) is 0. The molecule has 0 unspecified atom stereocenters. The summed E-state index contributed by atoms with van der Waals surface area (Å²) in [5, 5.41) is 14.4. The van der Waals surface area contributed by atoms with Gasteiger partial charge in [0.1, 0.15) is 0 Å². The van der Waals surface area contributed by atoms with Crippen LogP contribution in [0.4, 0.5) is 0 Å². The van der Waals surface area contributed by atoms with Gasteiger partial charge in [-0.2, -0.15) is 0 Å². The highest BCUT2D eigenvalue weighted by atomic mass is 32.1. The van der Waals surface area contributed by atoms with E-state index in [1.807, 2.05) is 18.2 Å². The third-order valence-corrected chi connectivity index (χ3v) is 2.61. The molecule has 0 saturated carbocycles. The number of ether oxygens (including phenoxy) is 1. The molecule has 0 aliphatic heterocycles. The average Bonchev–Trinajstić information content (AvgIpc) is 2.65. The molecule has 0 aliphatic carbocycles. The standard InChI is InChI=1S/C9H7N3OS2/c10-7(6-4-2-1-3-5-6)13-8-11-12-9(14)15-8/h1-5,10H,(H,12,14). The number of rotatable bonds is 2. The van der Waals surface area contributed by atoms with E-state index in [4.69, 9.17) is 22.4 Å². The van der Waals surface area contributed by atoms with Crippen LogP contribution in [0.15, 0.2) is 30.3 Å². The topological polar surface area (TPSA) is 61.8 Å². The molecule has 0 atom stereocenters. The summed E-state index contributed by atoms with van der Waals surface area (Å²) in [5.74, 6) is 0.0633. The molecule has 2 aromatic rings. The molecule has 2 rings (SSSR count). The van der Waals surface area contributed by atoms with E-state index >= 15 is 0 Å². The van der Waals surface area contributed by atoms with Crippen LogP contribution in [-0.2, 0) is 0 Å². The summed E-state index contributed by atoms with van der Waals surface area (Å²) in [6.45, 7) is 0. The molecule has 1 aromatic heterocycles. The number of H-pyrrole nitrogens is 1. The van der Waals surface area contributed by atoms with Crippen molar-refractivity contribution in [2.24, 2.45) is 0 Å². The summed E-state index contributed by atoms with van der Waals surface area (Å²) in [6.07, 6.45) is 0. The summed E-state index contributed by atoms with van der Waals surface area (Å²) >= 11 is 6.05. The Balaban J connectivity index is 2.14. The lowest BCUT2D eigenvalue weighted by atomic mass is 10.2. The largest absolute Gasteiger partial charge is 0.411 e. The molecule has 0 bridgehead atoms. The molecule has 0 spiro atoms. The van der Waals surface area contributed by atoms with E-state index in [9.17, 15) is 0 Å².